The molecule has 0 saturated heterocycles. The first-order valence-electron chi connectivity index (χ1n) is 21.7. The minimum absolute atomic E-state index is 0.114. The molecule has 0 bridgehead atoms. The first-order chi connectivity index (χ1) is 26.7. The van der Waals surface area contributed by atoms with Crippen molar-refractivity contribution in [3.05, 3.63) is 60.8 Å². The molecular weight excluding hydrogens is 715 g/mol. The molecule has 0 rings (SSSR count). The monoisotopic (exact) mass is 795 g/mol. The molecule has 0 unspecified atom stereocenters. The van der Waals surface area contributed by atoms with Crippen LogP contribution in [0.25, 0.3) is 0 Å². The van der Waals surface area contributed by atoms with Gasteiger partial charge in [0.05, 0.1) is 12.7 Å². The van der Waals surface area contributed by atoms with E-state index in [1.807, 2.05) is 36.5 Å². The molecule has 0 fully saturated rings. The number of aliphatic hydroxyl groups excluding tert-OH is 1. The second kappa shape index (κ2) is 39.9. The highest BCUT2D eigenvalue weighted by Crippen LogP contribution is 2.36. The van der Waals surface area contributed by atoms with Crippen LogP contribution >= 0.6 is 7.82 Å². The average molecular weight is 795 g/mol. The third kappa shape index (κ3) is 42.7. The number of ether oxygens (including phenoxy) is 2. The topological polar surface area (TPSA) is 140 Å². The molecule has 318 valence electrons. The van der Waals surface area contributed by atoms with E-state index in [2.05, 4.69) is 42.7 Å². The Kier molecular flexibility index (Phi) is 38.3. The van der Waals surface area contributed by atoms with Gasteiger partial charge in [0.1, 0.15) is 6.61 Å². The molecule has 0 radical (unpaired) electrons. The van der Waals surface area contributed by atoms with Crippen molar-refractivity contribution in [1.29, 1.82) is 0 Å². The highest BCUT2D eigenvalue weighted by Gasteiger charge is 2.22. The minimum atomic E-state index is -4.78. The SMILES string of the molecule is CCCCCCCC/C=C\CCCCCCCCCCCC(=O)OC[C@H](COP(=O)(O)O)OC(=O)CCC/C=C\C/C=C\C/C=C\C=C\[C@@H](O)CCCCC. The normalized spacial score (nSPS) is 13.6. The van der Waals surface area contributed by atoms with Gasteiger partial charge in [-0.3, -0.25) is 14.1 Å². The summed E-state index contributed by atoms with van der Waals surface area (Å²) in [5.74, 6) is -0.980. The van der Waals surface area contributed by atoms with Crippen LogP contribution in [0.4, 0.5) is 0 Å². The Hall–Kier alpha value is -2.29. The number of allylic oxidation sites excluding steroid dienone is 9. The predicted octanol–water partition coefficient (Wildman–Crippen LogP) is 12.3. The molecule has 0 aliphatic carbocycles. The van der Waals surface area contributed by atoms with Gasteiger partial charge in [-0.25, -0.2) is 4.57 Å². The standard InChI is InChI=1S/C45H79O9P/c1-3-5-7-8-9-10-11-12-13-14-15-16-17-18-21-24-27-30-34-38-44(47)52-40-43(41-53-55(49,50)51)54-45(48)39-35-31-28-25-22-19-20-23-26-29-33-37-42(46)36-32-6-4-2/h12-13,19-20,25-26,28-29,33,37,42-43,46H,3-11,14-18,21-24,27,30-32,34-36,38-41H2,1-2H3,(H2,49,50,51)/b13-12-,20-19-,28-25-,29-26-,37-33+/t42-,43+/m0/s1. The van der Waals surface area contributed by atoms with Crippen molar-refractivity contribution < 1.29 is 43.0 Å². The summed E-state index contributed by atoms with van der Waals surface area (Å²) in [6.07, 6.45) is 47.0. The van der Waals surface area contributed by atoms with Gasteiger partial charge in [0.15, 0.2) is 6.10 Å². The number of esters is 2. The van der Waals surface area contributed by atoms with Crippen molar-refractivity contribution >= 4 is 19.8 Å². The van der Waals surface area contributed by atoms with Crippen molar-refractivity contribution in [2.75, 3.05) is 13.2 Å². The third-order valence-electron chi connectivity index (χ3n) is 9.11. The highest BCUT2D eigenvalue weighted by atomic mass is 31.2. The Balaban J connectivity index is 4.03. The molecule has 0 spiro atoms. The maximum atomic E-state index is 12.4. The smallest absolute Gasteiger partial charge is 0.462 e. The summed E-state index contributed by atoms with van der Waals surface area (Å²) in [5, 5.41) is 9.87. The molecule has 0 aliphatic rings. The van der Waals surface area contributed by atoms with Gasteiger partial charge in [-0.1, -0.05) is 171 Å². The van der Waals surface area contributed by atoms with Gasteiger partial charge in [0.25, 0.3) is 0 Å². The number of carbonyl (C=O) groups is 2. The number of aliphatic hydroxyl groups is 1. The summed E-state index contributed by atoms with van der Waals surface area (Å²) in [5.41, 5.74) is 0. The highest BCUT2D eigenvalue weighted by molar-refractivity contribution is 7.46. The zero-order valence-corrected chi connectivity index (χ0v) is 35.6. The zero-order chi connectivity index (χ0) is 40.5. The lowest BCUT2D eigenvalue weighted by atomic mass is 10.1. The summed E-state index contributed by atoms with van der Waals surface area (Å²) < 4.78 is 26.3. The van der Waals surface area contributed by atoms with E-state index in [-0.39, 0.29) is 25.6 Å². The maximum absolute atomic E-state index is 12.4. The number of hydrogen-bond donors (Lipinski definition) is 3. The molecule has 0 saturated carbocycles. The largest absolute Gasteiger partial charge is 0.469 e. The van der Waals surface area contributed by atoms with Crippen LogP contribution in [0.5, 0.6) is 0 Å². The predicted molar refractivity (Wildman–Crippen MR) is 227 cm³/mol. The molecule has 9 nitrogen and oxygen atoms in total. The molecule has 0 aromatic carbocycles. The molecule has 0 amide bonds. The summed E-state index contributed by atoms with van der Waals surface area (Å²) in [6.45, 7) is 3.51. The molecule has 0 aliphatic heterocycles. The number of rotatable bonds is 39. The first-order valence-corrected chi connectivity index (χ1v) is 23.2. The van der Waals surface area contributed by atoms with Crippen LogP contribution < -0.4 is 0 Å². The van der Waals surface area contributed by atoms with Crippen LogP contribution in [0.1, 0.15) is 187 Å². The van der Waals surface area contributed by atoms with E-state index in [1.165, 1.54) is 83.5 Å². The fourth-order valence-corrected chi connectivity index (χ4v) is 6.18. The van der Waals surface area contributed by atoms with Gasteiger partial charge in [-0.15, -0.1) is 0 Å². The lowest BCUT2D eigenvalue weighted by molar-refractivity contribution is -0.161. The second-order valence-corrected chi connectivity index (χ2v) is 15.8. The summed E-state index contributed by atoms with van der Waals surface area (Å²) in [4.78, 5) is 42.9. The number of hydrogen-bond acceptors (Lipinski definition) is 7. The van der Waals surface area contributed by atoms with Crippen molar-refractivity contribution in [3.8, 4) is 0 Å². The van der Waals surface area contributed by atoms with Gasteiger partial charge < -0.3 is 24.4 Å². The van der Waals surface area contributed by atoms with E-state index in [9.17, 15) is 19.3 Å². The van der Waals surface area contributed by atoms with Crippen molar-refractivity contribution in [2.24, 2.45) is 0 Å². The number of phosphoric acid groups is 1. The Labute approximate surface area is 335 Å². The Bertz CT molecular complexity index is 1090. The van der Waals surface area contributed by atoms with Crippen LogP contribution in [0, 0.1) is 0 Å². The van der Waals surface area contributed by atoms with Crippen LogP contribution in [-0.2, 0) is 28.2 Å². The van der Waals surface area contributed by atoms with E-state index in [0.717, 1.165) is 57.8 Å². The minimum Gasteiger partial charge on any atom is -0.462 e. The summed E-state index contributed by atoms with van der Waals surface area (Å²) in [7, 11) is -4.78. The lowest BCUT2D eigenvalue weighted by Gasteiger charge is -2.18. The van der Waals surface area contributed by atoms with E-state index in [0.29, 0.717) is 19.3 Å². The van der Waals surface area contributed by atoms with Gasteiger partial charge >= 0.3 is 19.8 Å². The van der Waals surface area contributed by atoms with Crippen LogP contribution in [0.2, 0.25) is 0 Å². The molecule has 0 heterocycles. The van der Waals surface area contributed by atoms with Crippen LogP contribution in [0.3, 0.4) is 0 Å². The Morgan fingerprint density at radius 2 is 1.05 bits per heavy atom. The van der Waals surface area contributed by atoms with E-state index >= 15 is 0 Å². The Morgan fingerprint density at radius 3 is 1.67 bits per heavy atom. The summed E-state index contributed by atoms with van der Waals surface area (Å²) >= 11 is 0. The number of unbranched alkanes of at least 4 members (excludes halogenated alkanes) is 18. The van der Waals surface area contributed by atoms with Crippen LogP contribution in [0.15, 0.2) is 60.8 Å². The van der Waals surface area contributed by atoms with Gasteiger partial charge in [-0.05, 0) is 64.2 Å². The second-order valence-electron chi connectivity index (χ2n) is 14.5. The van der Waals surface area contributed by atoms with Crippen molar-refractivity contribution in [1.82, 2.24) is 0 Å². The van der Waals surface area contributed by atoms with Crippen molar-refractivity contribution in [2.45, 2.75) is 199 Å². The molecule has 0 aromatic heterocycles. The van der Waals surface area contributed by atoms with Crippen LogP contribution in [-0.4, -0.2) is 52.3 Å². The lowest BCUT2D eigenvalue weighted by Crippen LogP contribution is -2.29. The third-order valence-corrected chi connectivity index (χ3v) is 9.60. The molecule has 3 N–H and O–H groups in total. The number of phosphoric ester groups is 1. The van der Waals surface area contributed by atoms with E-state index in [1.54, 1.807) is 0 Å². The molecular formula is C45H79O9P. The molecule has 10 heteroatoms. The van der Waals surface area contributed by atoms with E-state index < -0.39 is 32.5 Å². The molecule has 55 heavy (non-hydrogen) atoms. The first kappa shape index (κ1) is 52.7. The Morgan fingerprint density at radius 1 is 0.564 bits per heavy atom. The fraction of sp³-hybridized carbons (Fsp3) is 0.733. The molecule has 2 atom stereocenters. The fourth-order valence-electron chi connectivity index (χ4n) is 5.82. The van der Waals surface area contributed by atoms with Gasteiger partial charge in [0.2, 0.25) is 0 Å². The molecule has 0 aromatic rings. The maximum Gasteiger partial charge on any atom is 0.469 e. The van der Waals surface area contributed by atoms with E-state index in [4.69, 9.17) is 19.3 Å². The number of carbonyl (C=O) groups excluding carboxylic acids is 2. The average Bonchev–Trinajstić information content (AvgIpc) is 3.15. The van der Waals surface area contributed by atoms with Crippen molar-refractivity contribution in [3.63, 3.8) is 0 Å². The summed E-state index contributed by atoms with van der Waals surface area (Å²) in [6, 6.07) is 0. The van der Waals surface area contributed by atoms with Gasteiger partial charge in [-0.2, -0.15) is 0 Å². The van der Waals surface area contributed by atoms with Gasteiger partial charge in [0, 0.05) is 12.8 Å². The zero-order valence-electron chi connectivity index (χ0n) is 34.7. The quantitative estimate of drug-likeness (QED) is 0.0182.